The topological polar surface area (TPSA) is 75.4 Å². The van der Waals surface area contributed by atoms with Gasteiger partial charge in [0.1, 0.15) is 5.75 Å². The summed E-state index contributed by atoms with van der Waals surface area (Å²) in [6.45, 7) is 6.58. The molecule has 0 saturated carbocycles. The third-order valence-electron chi connectivity index (χ3n) is 6.04. The number of ether oxygens (including phenoxy) is 2. The molecule has 2 aromatic carbocycles. The first-order chi connectivity index (χ1) is 16.9. The second-order valence-electron chi connectivity index (χ2n) is 8.39. The van der Waals surface area contributed by atoms with E-state index in [4.69, 9.17) is 14.5 Å². The number of aryl methyl sites for hydroxylation is 1. The highest BCUT2D eigenvalue weighted by Gasteiger charge is 2.21. The highest BCUT2D eigenvalue weighted by atomic mass is 32.2. The molecule has 2 aromatic heterocycles. The first-order valence-corrected chi connectivity index (χ1v) is 12.3. The molecule has 0 aliphatic rings. The van der Waals surface area contributed by atoms with Crippen molar-refractivity contribution in [3.05, 3.63) is 81.9 Å². The average molecular weight is 492 g/mol. The fraction of sp³-hybridized carbons (Fsp3) is 0.296. The summed E-state index contributed by atoms with van der Waals surface area (Å²) >= 11 is 1.25. The molecule has 1 atom stereocenters. The zero-order valence-corrected chi connectivity index (χ0v) is 21.4. The van der Waals surface area contributed by atoms with Crippen molar-refractivity contribution < 1.29 is 14.3 Å². The lowest BCUT2D eigenvalue weighted by atomic mass is 10.2. The van der Waals surface area contributed by atoms with Gasteiger partial charge in [0.25, 0.3) is 5.56 Å². The van der Waals surface area contributed by atoms with Crippen molar-refractivity contribution in [1.82, 2.24) is 14.1 Å². The van der Waals surface area contributed by atoms with Gasteiger partial charge < -0.3 is 14.0 Å². The van der Waals surface area contributed by atoms with Crippen LogP contribution >= 0.6 is 11.8 Å². The minimum atomic E-state index is -0.207. The molecule has 0 bridgehead atoms. The molecule has 182 valence electrons. The van der Waals surface area contributed by atoms with Gasteiger partial charge in [0.15, 0.2) is 10.9 Å². The lowest BCUT2D eigenvalue weighted by molar-refractivity contribution is 0.102. The van der Waals surface area contributed by atoms with Gasteiger partial charge in [-0.15, -0.1) is 0 Å². The van der Waals surface area contributed by atoms with E-state index in [1.54, 1.807) is 32.4 Å². The van der Waals surface area contributed by atoms with Crippen LogP contribution in [0.4, 0.5) is 0 Å². The van der Waals surface area contributed by atoms with Crippen LogP contribution in [0, 0.1) is 13.8 Å². The normalized spacial score (nSPS) is 12.1. The molecule has 0 radical (unpaired) electrons. The first kappa shape index (κ1) is 24.8. The van der Waals surface area contributed by atoms with E-state index >= 15 is 0 Å². The molecule has 35 heavy (non-hydrogen) atoms. The minimum Gasteiger partial charge on any atom is -0.495 e. The van der Waals surface area contributed by atoms with Crippen LogP contribution in [0.3, 0.4) is 0 Å². The van der Waals surface area contributed by atoms with Crippen LogP contribution in [-0.4, -0.2) is 46.5 Å². The number of para-hydroxylation sites is 3. The summed E-state index contributed by atoms with van der Waals surface area (Å²) in [7, 11) is 3.24. The van der Waals surface area contributed by atoms with Gasteiger partial charge in [-0.2, -0.15) is 0 Å². The average Bonchev–Trinajstić information content (AvgIpc) is 3.16. The van der Waals surface area contributed by atoms with Crippen LogP contribution in [0.2, 0.25) is 0 Å². The number of rotatable bonds is 9. The van der Waals surface area contributed by atoms with Crippen molar-refractivity contribution in [3.8, 4) is 11.4 Å². The van der Waals surface area contributed by atoms with Crippen molar-refractivity contribution >= 4 is 28.4 Å². The number of methoxy groups -OCH3 is 2. The molecule has 2 heterocycles. The van der Waals surface area contributed by atoms with Crippen LogP contribution in [0.15, 0.2) is 64.5 Å². The van der Waals surface area contributed by atoms with Gasteiger partial charge in [-0.3, -0.25) is 14.2 Å². The monoisotopic (exact) mass is 491 g/mol. The van der Waals surface area contributed by atoms with E-state index in [-0.39, 0.29) is 23.1 Å². The maximum absolute atomic E-state index is 13.5. The molecule has 0 unspecified atom stereocenters. The number of thioether (sulfide) groups is 1. The number of carbonyl (C=O) groups is 1. The van der Waals surface area contributed by atoms with Crippen LogP contribution in [0.1, 0.15) is 34.7 Å². The maximum Gasteiger partial charge on any atom is 0.266 e. The zero-order valence-electron chi connectivity index (χ0n) is 20.6. The Morgan fingerprint density at radius 1 is 1.09 bits per heavy atom. The molecule has 7 nitrogen and oxygen atoms in total. The SMILES string of the molecule is COC[C@@H](C)n1c(C)cc(C(=O)CSc2nc3ccccc3c(=O)n2-c2ccccc2OC)c1C. The van der Waals surface area contributed by atoms with Crippen LogP contribution in [0.5, 0.6) is 5.75 Å². The Kier molecular flexibility index (Phi) is 7.42. The molecule has 0 N–H and O–H groups in total. The molecule has 0 aliphatic carbocycles. The lowest BCUT2D eigenvalue weighted by Crippen LogP contribution is -2.22. The number of ketones is 1. The van der Waals surface area contributed by atoms with Crippen molar-refractivity contribution in [3.63, 3.8) is 0 Å². The summed E-state index contributed by atoms with van der Waals surface area (Å²) in [5.74, 6) is 0.673. The quantitative estimate of drug-likeness (QED) is 0.186. The summed E-state index contributed by atoms with van der Waals surface area (Å²) in [4.78, 5) is 31.6. The summed E-state index contributed by atoms with van der Waals surface area (Å²) in [6, 6.07) is 16.6. The van der Waals surface area contributed by atoms with Crippen LogP contribution in [-0.2, 0) is 4.74 Å². The van der Waals surface area contributed by atoms with Gasteiger partial charge in [0.05, 0.1) is 42.1 Å². The number of nitrogens with zero attached hydrogens (tertiary/aromatic N) is 3. The molecule has 0 amide bonds. The number of carbonyl (C=O) groups excluding carboxylic acids is 1. The number of Topliss-reactive ketones (excluding diaryl/α,β-unsaturated/α-hetero) is 1. The maximum atomic E-state index is 13.5. The van der Waals surface area contributed by atoms with Crippen LogP contribution in [0.25, 0.3) is 16.6 Å². The molecule has 0 fully saturated rings. The number of aromatic nitrogens is 3. The summed E-state index contributed by atoms with van der Waals surface area (Å²) in [5, 5.41) is 0.942. The fourth-order valence-electron chi connectivity index (χ4n) is 4.50. The molecule has 4 rings (SSSR count). The van der Waals surface area contributed by atoms with E-state index in [2.05, 4.69) is 11.5 Å². The predicted octanol–water partition coefficient (Wildman–Crippen LogP) is 5.00. The van der Waals surface area contributed by atoms with Crippen molar-refractivity contribution in [2.75, 3.05) is 26.6 Å². The number of fused-ring (bicyclic) bond motifs is 1. The predicted molar refractivity (Wildman–Crippen MR) is 139 cm³/mol. The van der Waals surface area contributed by atoms with Gasteiger partial charge in [0, 0.05) is 24.1 Å². The molecule has 0 saturated heterocycles. The summed E-state index contributed by atoms with van der Waals surface area (Å²) < 4.78 is 14.5. The Morgan fingerprint density at radius 3 is 2.54 bits per heavy atom. The molecule has 4 aromatic rings. The smallest absolute Gasteiger partial charge is 0.266 e. The van der Waals surface area contributed by atoms with Gasteiger partial charge in [0.2, 0.25) is 0 Å². The first-order valence-electron chi connectivity index (χ1n) is 11.4. The van der Waals surface area contributed by atoms with Gasteiger partial charge in [-0.1, -0.05) is 36.0 Å². The Balaban J connectivity index is 1.73. The van der Waals surface area contributed by atoms with Gasteiger partial charge in [-0.05, 0) is 51.1 Å². The summed E-state index contributed by atoms with van der Waals surface area (Å²) in [6.07, 6.45) is 0. The standard InChI is InChI=1S/C27H29N3O4S/c1-17-14-21(19(3)29(17)18(2)15-33-4)24(31)16-35-27-28-22-11-7-6-10-20(22)26(32)30(27)23-12-8-9-13-25(23)34-5/h6-14,18H,15-16H2,1-5H3/t18-/m1/s1. The third-order valence-corrected chi connectivity index (χ3v) is 6.98. The Morgan fingerprint density at radius 2 is 1.80 bits per heavy atom. The Labute approximate surface area is 208 Å². The van der Waals surface area contributed by atoms with E-state index in [1.165, 1.54) is 16.3 Å². The van der Waals surface area contributed by atoms with E-state index < -0.39 is 0 Å². The minimum absolute atomic E-state index is 0.0204. The number of hydrogen-bond donors (Lipinski definition) is 0. The zero-order chi connectivity index (χ0) is 25.1. The number of benzene rings is 2. The molecular formula is C27H29N3O4S. The third kappa shape index (κ3) is 4.76. The molecular weight excluding hydrogens is 462 g/mol. The molecule has 8 heteroatoms. The van der Waals surface area contributed by atoms with Gasteiger partial charge in [-0.25, -0.2) is 4.98 Å². The largest absolute Gasteiger partial charge is 0.495 e. The number of hydrogen-bond acceptors (Lipinski definition) is 6. The second-order valence-corrected chi connectivity index (χ2v) is 9.34. The van der Waals surface area contributed by atoms with E-state index in [0.29, 0.717) is 39.7 Å². The van der Waals surface area contributed by atoms with E-state index in [0.717, 1.165) is 11.4 Å². The van der Waals surface area contributed by atoms with Crippen molar-refractivity contribution in [2.24, 2.45) is 0 Å². The van der Waals surface area contributed by atoms with Gasteiger partial charge >= 0.3 is 0 Å². The van der Waals surface area contributed by atoms with Crippen LogP contribution < -0.4 is 10.3 Å². The fourth-order valence-corrected chi connectivity index (χ4v) is 5.39. The molecule has 0 spiro atoms. The molecule has 0 aliphatic heterocycles. The van der Waals surface area contributed by atoms with Crippen molar-refractivity contribution in [1.29, 1.82) is 0 Å². The Hall–Kier alpha value is -3.36. The lowest BCUT2D eigenvalue weighted by Gasteiger charge is -2.17. The summed E-state index contributed by atoms with van der Waals surface area (Å²) in [5.41, 5.74) is 3.55. The second kappa shape index (κ2) is 10.5. The van der Waals surface area contributed by atoms with E-state index in [9.17, 15) is 9.59 Å². The van der Waals surface area contributed by atoms with Crippen molar-refractivity contribution in [2.45, 2.75) is 32.0 Å². The Bertz CT molecular complexity index is 1440. The van der Waals surface area contributed by atoms with E-state index in [1.807, 2.05) is 50.2 Å². The highest BCUT2D eigenvalue weighted by Crippen LogP contribution is 2.28. The highest BCUT2D eigenvalue weighted by molar-refractivity contribution is 7.99.